The summed E-state index contributed by atoms with van der Waals surface area (Å²) in [7, 11) is 0. The van der Waals surface area contributed by atoms with Crippen LogP contribution in [-0.2, 0) is 4.79 Å². The summed E-state index contributed by atoms with van der Waals surface area (Å²) >= 11 is 5.87. The van der Waals surface area contributed by atoms with Gasteiger partial charge in [0.05, 0.1) is 0 Å². The van der Waals surface area contributed by atoms with E-state index < -0.39 is 12.0 Å². The number of anilines is 1. The van der Waals surface area contributed by atoms with Gasteiger partial charge in [0, 0.05) is 29.7 Å². The molecule has 1 fully saturated rings. The molecule has 2 N–H and O–H groups in total. The molecule has 104 valence electrons. The summed E-state index contributed by atoms with van der Waals surface area (Å²) in [6, 6.07) is 7.23. The Morgan fingerprint density at radius 1 is 1.53 bits per heavy atom. The number of hydrogen-bond donors (Lipinski definition) is 2. The zero-order valence-electron chi connectivity index (χ0n) is 11.0. The molecule has 0 bridgehead atoms. The Labute approximate surface area is 118 Å². The van der Waals surface area contributed by atoms with E-state index in [1.165, 1.54) is 0 Å². The molecule has 2 atom stereocenters. The molecule has 1 saturated heterocycles. The first-order chi connectivity index (χ1) is 9.11. The fourth-order valence-electron chi connectivity index (χ4n) is 2.62. The van der Waals surface area contributed by atoms with E-state index in [9.17, 15) is 9.90 Å². The summed E-state index contributed by atoms with van der Waals surface area (Å²) in [6.07, 6.45) is 0.895. The van der Waals surface area contributed by atoms with Crippen molar-refractivity contribution >= 4 is 23.3 Å². The highest BCUT2D eigenvalue weighted by Gasteiger charge is 2.33. The van der Waals surface area contributed by atoms with Crippen molar-refractivity contribution in [2.45, 2.75) is 19.4 Å². The molecule has 0 saturated carbocycles. The van der Waals surface area contributed by atoms with Crippen LogP contribution in [0.3, 0.4) is 0 Å². The number of rotatable bonds is 5. The minimum absolute atomic E-state index is 0.146. The Balaban J connectivity index is 2.02. The molecular weight excluding hydrogens is 264 g/mol. The molecule has 0 amide bonds. The van der Waals surface area contributed by atoms with Gasteiger partial charge in [0.2, 0.25) is 0 Å². The molecule has 0 aliphatic carbocycles. The third-order valence-corrected chi connectivity index (χ3v) is 3.83. The number of nitrogens with zero attached hydrogens (tertiary/aromatic N) is 1. The van der Waals surface area contributed by atoms with Crippen LogP contribution in [0, 0.1) is 5.92 Å². The molecular formula is C14H19ClN2O2. The summed E-state index contributed by atoms with van der Waals surface area (Å²) in [5, 5.41) is 13.0. The van der Waals surface area contributed by atoms with Crippen LogP contribution < -0.4 is 10.2 Å². The Kier molecular flexibility index (Phi) is 4.66. The zero-order chi connectivity index (χ0) is 13.8. The maximum Gasteiger partial charge on any atom is 0.321 e. The zero-order valence-corrected chi connectivity index (χ0v) is 11.7. The van der Waals surface area contributed by atoms with E-state index in [0.29, 0.717) is 6.54 Å². The summed E-state index contributed by atoms with van der Waals surface area (Å²) in [6.45, 7) is 4.27. The number of carboxylic acids is 1. The maximum absolute atomic E-state index is 11.3. The predicted octanol–water partition coefficient (Wildman–Crippen LogP) is 2.23. The molecule has 0 aromatic heterocycles. The predicted molar refractivity (Wildman–Crippen MR) is 76.9 cm³/mol. The first-order valence-corrected chi connectivity index (χ1v) is 6.96. The molecule has 19 heavy (non-hydrogen) atoms. The number of carboxylic acid groups (broad SMARTS) is 1. The van der Waals surface area contributed by atoms with Crippen LogP contribution in [0.4, 0.5) is 5.69 Å². The number of likely N-dealkylation sites (N-methyl/N-ethyl adjacent to an activating group) is 1. The summed E-state index contributed by atoms with van der Waals surface area (Å²) in [5.41, 5.74) is 1.10. The molecule has 2 rings (SSSR count). The number of benzene rings is 1. The van der Waals surface area contributed by atoms with Crippen LogP contribution in [0.15, 0.2) is 24.3 Å². The number of nitrogens with one attached hydrogen (secondary N) is 1. The van der Waals surface area contributed by atoms with Gasteiger partial charge in [-0.25, -0.2) is 0 Å². The number of hydrogen-bond acceptors (Lipinski definition) is 3. The standard InChI is InChI=1S/C14H19ClN2O2/c1-2-16-13(14(18)19)10-7-8-17(9-10)12-5-3-11(15)4-6-12/h3-6,10,13,16H,2,7-9H2,1H3,(H,18,19). The van der Waals surface area contributed by atoms with Gasteiger partial charge in [-0.05, 0) is 37.2 Å². The fraction of sp³-hybridized carbons (Fsp3) is 0.500. The van der Waals surface area contributed by atoms with Crippen LogP contribution in [0.5, 0.6) is 0 Å². The average Bonchev–Trinajstić information content (AvgIpc) is 2.85. The van der Waals surface area contributed by atoms with E-state index in [4.69, 9.17) is 11.6 Å². The monoisotopic (exact) mass is 282 g/mol. The van der Waals surface area contributed by atoms with E-state index in [0.717, 1.165) is 30.2 Å². The minimum atomic E-state index is -0.759. The van der Waals surface area contributed by atoms with E-state index >= 15 is 0 Å². The molecule has 0 radical (unpaired) electrons. The first kappa shape index (κ1) is 14.2. The average molecular weight is 283 g/mol. The van der Waals surface area contributed by atoms with Crippen LogP contribution in [0.1, 0.15) is 13.3 Å². The second-order valence-corrected chi connectivity index (χ2v) is 5.28. The molecule has 2 unspecified atom stereocenters. The molecule has 1 aliphatic heterocycles. The lowest BCUT2D eigenvalue weighted by atomic mass is 9.99. The van der Waals surface area contributed by atoms with Gasteiger partial charge in [-0.15, -0.1) is 0 Å². The Bertz CT molecular complexity index is 436. The summed E-state index contributed by atoms with van der Waals surface area (Å²) < 4.78 is 0. The maximum atomic E-state index is 11.3. The van der Waals surface area contributed by atoms with Crippen molar-refractivity contribution in [3.63, 3.8) is 0 Å². The first-order valence-electron chi connectivity index (χ1n) is 6.58. The third-order valence-electron chi connectivity index (χ3n) is 3.58. The Morgan fingerprint density at radius 3 is 2.79 bits per heavy atom. The second-order valence-electron chi connectivity index (χ2n) is 4.84. The fourth-order valence-corrected chi connectivity index (χ4v) is 2.75. The normalized spacial score (nSPS) is 20.5. The highest BCUT2D eigenvalue weighted by atomic mass is 35.5. The van der Waals surface area contributed by atoms with Gasteiger partial charge in [-0.1, -0.05) is 18.5 Å². The quantitative estimate of drug-likeness (QED) is 0.870. The third kappa shape index (κ3) is 3.39. The molecule has 4 nitrogen and oxygen atoms in total. The van der Waals surface area contributed by atoms with Crippen molar-refractivity contribution in [3.05, 3.63) is 29.3 Å². The highest BCUT2D eigenvalue weighted by molar-refractivity contribution is 6.30. The minimum Gasteiger partial charge on any atom is -0.480 e. The van der Waals surface area contributed by atoms with E-state index in [1.54, 1.807) is 0 Å². The van der Waals surface area contributed by atoms with E-state index in [-0.39, 0.29) is 5.92 Å². The molecule has 1 heterocycles. The summed E-state index contributed by atoms with van der Waals surface area (Å²) in [4.78, 5) is 13.5. The van der Waals surface area contributed by atoms with Crippen LogP contribution >= 0.6 is 11.6 Å². The van der Waals surface area contributed by atoms with Crippen molar-refractivity contribution in [1.29, 1.82) is 0 Å². The number of halogens is 1. The van der Waals surface area contributed by atoms with Gasteiger partial charge in [0.25, 0.3) is 0 Å². The smallest absolute Gasteiger partial charge is 0.321 e. The van der Waals surface area contributed by atoms with Crippen molar-refractivity contribution in [3.8, 4) is 0 Å². The molecule has 1 aromatic carbocycles. The SMILES string of the molecule is CCNC(C(=O)O)C1CCN(c2ccc(Cl)cc2)C1. The van der Waals surface area contributed by atoms with Gasteiger partial charge in [0.1, 0.15) is 6.04 Å². The van der Waals surface area contributed by atoms with Crippen LogP contribution in [0.25, 0.3) is 0 Å². The van der Waals surface area contributed by atoms with Crippen molar-refractivity contribution < 1.29 is 9.90 Å². The molecule has 1 aromatic rings. The lowest BCUT2D eigenvalue weighted by molar-refractivity contribution is -0.140. The van der Waals surface area contributed by atoms with Gasteiger partial charge in [0.15, 0.2) is 0 Å². The number of aliphatic carboxylic acids is 1. The molecule has 1 aliphatic rings. The Morgan fingerprint density at radius 2 is 2.21 bits per heavy atom. The van der Waals surface area contributed by atoms with E-state index in [1.807, 2.05) is 31.2 Å². The second kappa shape index (κ2) is 6.26. The lowest BCUT2D eigenvalue weighted by Gasteiger charge is -2.22. The van der Waals surface area contributed by atoms with Gasteiger partial charge in [-0.3, -0.25) is 4.79 Å². The highest BCUT2D eigenvalue weighted by Crippen LogP contribution is 2.27. The van der Waals surface area contributed by atoms with Gasteiger partial charge < -0.3 is 15.3 Å². The van der Waals surface area contributed by atoms with Crippen molar-refractivity contribution in [2.24, 2.45) is 5.92 Å². The van der Waals surface area contributed by atoms with Crippen molar-refractivity contribution in [2.75, 3.05) is 24.5 Å². The van der Waals surface area contributed by atoms with Gasteiger partial charge >= 0.3 is 5.97 Å². The Hall–Kier alpha value is -1.26. The van der Waals surface area contributed by atoms with Crippen LogP contribution in [-0.4, -0.2) is 36.8 Å². The molecule has 5 heteroatoms. The molecule has 0 spiro atoms. The largest absolute Gasteiger partial charge is 0.480 e. The topological polar surface area (TPSA) is 52.6 Å². The lowest BCUT2D eigenvalue weighted by Crippen LogP contribution is -2.43. The number of carbonyl (C=O) groups is 1. The van der Waals surface area contributed by atoms with Crippen LogP contribution in [0.2, 0.25) is 5.02 Å². The van der Waals surface area contributed by atoms with Gasteiger partial charge in [-0.2, -0.15) is 0 Å². The van der Waals surface area contributed by atoms with E-state index in [2.05, 4.69) is 10.2 Å². The summed E-state index contributed by atoms with van der Waals surface area (Å²) in [5.74, 6) is -0.613. The van der Waals surface area contributed by atoms with Crippen molar-refractivity contribution in [1.82, 2.24) is 5.32 Å².